The number of aromatic nitrogens is 1. The molecule has 2 N–H and O–H groups in total. The number of nitrogens with zero attached hydrogens (tertiary/aromatic N) is 1. The number of fused-ring (bicyclic) bond motifs is 1. The van der Waals surface area contributed by atoms with E-state index in [-0.39, 0.29) is 0 Å². The molecule has 2 aromatic rings. The zero-order valence-corrected chi connectivity index (χ0v) is 12.0. The molecule has 1 aliphatic rings. The second kappa shape index (κ2) is 5.82. The molecule has 19 heavy (non-hydrogen) atoms. The maximum absolute atomic E-state index is 4.47. The van der Waals surface area contributed by atoms with Crippen molar-refractivity contribution in [1.29, 1.82) is 0 Å². The fourth-order valence-corrected chi connectivity index (χ4v) is 3.32. The number of benzene rings is 1. The molecule has 0 radical (unpaired) electrons. The molecule has 0 saturated carbocycles. The van der Waals surface area contributed by atoms with Crippen molar-refractivity contribution in [3.63, 3.8) is 0 Å². The van der Waals surface area contributed by atoms with Crippen molar-refractivity contribution in [3.05, 3.63) is 51.5 Å². The van der Waals surface area contributed by atoms with E-state index in [4.69, 9.17) is 0 Å². The van der Waals surface area contributed by atoms with Crippen LogP contribution >= 0.6 is 11.3 Å². The molecule has 3 nitrogen and oxygen atoms in total. The van der Waals surface area contributed by atoms with Gasteiger partial charge in [0, 0.05) is 30.2 Å². The van der Waals surface area contributed by atoms with E-state index in [0.29, 0.717) is 6.04 Å². The molecule has 1 aliphatic heterocycles. The number of rotatable bonds is 4. The minimum atomic E-state index is 0.422. The molecule has 0 spiro atoms. The second-order valence-corrected chi connectivity index (χ2v) is 5.91. The molecular weight excluding hydrogens is 254 g/mol. The first-order chi connectivity index (χ1) is 9.33. The van der Waals surface area contributed by atoms with Gasteiger partial charge in [-0.25, -0.2) is 4.98 Å². The highest BCUT2D eigenvalue weighted by Gasteiger charge is 2.18. The van der Waals surface area contributed by atoms with E-state index in [9.17, 15) is 0 Å². The van der Waals surface area contributed by atoms with Gasteiger partial charge in [-0.2, -0.15) is 0 Å². The van der Waals surface area contributed by atoms with E-state index in [1.54, 1.807) is 11.3 Å². The zero-order valence-electron chi connectivity index (χ0n) is 11.1. The number of thiazole rings is 1. The van der Waals surface area contributed by atoms with Crippen molar-refractivity contribution in [1.82, 2.24) is 15.6 Å². The lowest BCUT2D eigenvalue weighted by Gasteiger charge is -2.27. The smallest absolute Gasteiger partial charge is 0.107 e. The first kappa shape index (κ1) is 12.8. The number of nitrogens with one attached hydrogen (secondary N) is 2. The Balaban J connectivity index is 1.59. The van der Waals surface area contributed by atoms with Gasteiger partial charge in [0.25, 0.3) is 0 Å². The van der Waals surface area contributed by atoms with E-state index >= 15 is 0 Å². The van der Waals surface area contributed by atoms with Crippen molar-refractivity contribution in [2.45, 2.75) is 25.9 Å². The molecule has 100 valence electrons. The van der Waals surface area contributed by atoms with Crippen LogP contribution in [0.2, 0.25) is 0 Å². The Morgan fingerprint density at radius 1 is 1.42 bits per heavy atom. The van der Waals surface area contributed by atoms with Crippen LogP contribution in [0.1, 0.15) is 27.9 Å². The van der Waals surface area contributed by atoms with Crippen LogP contribution in [-0.4, -0.2) is 18.1 Å². The van der Waals surface area contributed by atoms with Crippen LogP contribution in [-0.2, 0) is 13.0 Å². The van der Waals surface area contributed by atoms with Gasteiger partial charge in [0.2, 0.25) is 0 Å². The standard InChI is InChI=1S/C15H19N3S/c1-11-10-19-15(18-11)9-16-8-14-13-5-3-2-4-12(13)6-7-17-14/h2-5,10,14,16-17H,6-9H2,1H3. The molecule has 2 heterocycles. The summed E-state index contributed by atoms with van der Waals surface area (Å²) in [5.74, 6) is 0. The average Bonchev–Trinajstić information content (AvgIpc) is 2.85. The average molecular weight is 273 g/mol. The van der Waals surface area contributed by atoms with Gasteiger partial charge in [-0.1, -0.05) is 24.3 Å². The summed E-state index contributed by atoms with van der Waals surface area (Å²) in [6.45, 7) is 4.92. The van der Waals surface area contributed by atoms with E-state index in [1.807, 2.05) is 6.92 Å². The molecule has 1 aromatic heterocycles. The third kappa shape index (κ3) is 3.03. The molecule has 0 bridgehead atoms. The molecule has 0 amide bonds. The van der Waals surface area contributed by atoms with Crippen LogP contribution < -0.4 is 10.6 Å². The quantitative estimate of drug-likeness (QED) is 0.898. The fraction of sp³-hybridized carbons (Fsp3) is 0.400. The van der Waals surface area contributed by atoms with Crippen molar-refractivity contribution in [3.8, 4) is 0 Å². The Hall–Kier alpha value is -1.23. The number of aryl methyl sites for hydroxylation is 1. The van der Waals surface area contributed by atoms with E-state index < -0.39 is 0 Å². The molecule has 1 unspecified atom stereocenters. The molecular formula is C15H19N3S. The summed E-state index contributed by atoms with van der Waals surface area (Å²) >= 11 is 1.73. The number of hydrogen-bond acceptors (Lipinski definition) is 4. The van der Waals surface area contributed by atoms with Crippen LogP contribution in [0.3, 0.4) is 0 Å². The summed E-state index contributed by atoms with van der Waals surface area (Å²) in [7, 11) is 0. The third-order valence-electron chi connectivity index (χ3n) is 3.51. The van der Waals surface area contributed by atoms with Gasteiger partial charge >= 0.3 is 0 Å². The summed E-state index contributed by atoms with van der Waals surface area (Å²) in [5.41, 5.74) is 4.04. The lowest BCUT2D eigenvalue weighted by Crippen LogP contribution is -2.36. The zero-order chi connectivity index (χ0) is 13.1. The minimum absolute atomic E-state index is 0.422. The predicted octanol–water partition coefficient (Wildman–Crippen LogP) is 2.43. The van der Waals surface area contributed by atoms with E-state index in [2.05, 4.69) is 45.3 Å². The van der Waals surface area contributed by atoms with Gasteiger partial charge in [0.1, 0.15) is 5.01 Å². The molecule has 0 saturated heterocycles. The van der Waals surface area contributed by atoms with Crippen molar-refractivity contribution >= 4 is 11.3 Å². The Kier molecular flexibility index (Phi) is 3.92. The van der Waals surface area contributed by atoms with Gasteiger partial charge in [0.15, 0.2) is 0 Å². The van der Waals surface area contributed by atoms with Crippen LogP contribution in [0.25, 0.3) is 0 Å². The van der Waals surface area contributed by atoms with Gasteiger partial charge in [-0.3, -0.25) is 0 Å². The SMILES string of the molecule is Cc1csc(CNCC2NCCc3ccccc32)n1. The van der Waals surface area contributed by atoms with Crippen molar-refractivity contribution in [2.75, 3.05) is 13.1 Å². The van der Waals surface area contributed by atoms with Gasteiger partial charge < -0.3 is 10.6 Å². The summed E-state index contributed by atoms with van der Waals surface area (Å²) < 4.78 is 0. The molecule has 3 rings (SSSR count). The Bertz CT molecular complexity index is 550. The molecule has 0 fully saturated rings. The number of hydrogen-bond donors (Lipinski definition) is 2. The van der Waals surface area contributed by atoms with E-state index in [0.717, 1.165) is 31.7 Å². The highest BCUT2D eigenvalue weighted by atomic mass is 32.1. The first-order valence-electron chi connectivity index (χ1n) is 6.76. The van der Waals surface area contributed by atoms with Gasteiger partial charge in [0.05, 0.1) is 0 Å². The molecule has 1 atom stereocenters. The lowest BCUT2D eigenvalue weighted by molar-refractivity contribution is 0.468. The monoisotopic (exact) mass is 273 g/mol. The summed E-state index contributed by atoms with van der Waals surface area (Å²) in [5, 5.41) is 10.4. The highest BCUT2D eigenvalue weighted by molar-refractivity contribution is 7.09. The fourth-order valence-electron chi connectivity index (χ4n) is 2.58. The predicted molar refractivity (Wildman–Crippen MR) is 79.4 cm³/mol. The Labute approximate surface area is 118 Å². The summed E-state index contributed by atoms with van der Waals surface area (Å²) in [4.78, 5) is 4.47. The summed E-state index contributed by atoms with van der Waals surface area (Å²) in [6.07, 6.45) is 1.14. The van der Waals surface area contributed by atoms with Crippen molar-refractivity contribution < 1.29 is 0 Å². The lowest BCUT2D eigenvalue weighted by atomic mass is 9.94. The van der Waals surface area contributed by atoms with Gasteiger partial charge in [-0.05, 0) is 31.0 Å². The normalized spacial score (nSPS) is 18.3. The van der Waals surface area contributed by atoms with Gasteiger partial charge in [-0.15, -0.1) is 11.3 Å². The molecule has 0 aliphatic carbocycles. The van der Waals surface area contributed by atoms with Crippen LogP contribution in [0.4, 0.5) is 0 Å². The molecule has 4 heteroatoms. The first-order valence-corrected chi connectivity index (χ1v) is 7.64. The third-order valence-corrected chi connectivity index (χ3v) is 4.47. The topological polar surface area (TPSA) is 37.0 Å². The Morgan fingerprint density at radius 3 is 3.16 bits per heavy atom. The molecule has 1 aromatic carbocycles. The maximum Gasteiger partial charge on any atom is 0.107 e. The highest BCUT2D eigenvalue weighted by Crippen LogP contribution is 2.22. The maximum atomic E-state index is 4.47. The minimum Gasteiger partial charge on any atom is -0.309 e. The summed E-state index contributed by atoms with van der Waals surface area (Å²) in [6, 6.07) is 9.16. The van der Waals surface area contributed by atoms with E-state index in [1.165, 1.54) is 16.1 Å². The van der Waals surface area contributed by atoms with Crippen LogP contribution in [0, 0.1) is 6.92 Å². The largest absolute Gasteiger partial charge is 0.309 e. The van der Waals surface area contributed by atoms with Crippen LogP contribution in [0.15, 0.2) is 29.6 Å². The van der Waals surface area contributed by atoms with Crippen molar-refractivity contribution in [2.24, 2.45) is 0 Å². The van der Waals surface area contributed by atoms with Crippen LogP contribution in [0.5, 0.6) is 0 Å². The second-order valence-electron chi connectivity index (χ2n) is 4.97. The Morgan fingerprint density at radius 2 is 2.32 bits per heavy atom.